The molecule has 2 aromatic rings. The van der Waals surface area contributed by atoms with Gasteiger partial charge in [-0.05, 0) is 44.4 Å². The van der Waals surface area contributed by atoms with Gasteiger partial charge in [0.25, 0.3) is 0 Å². The zero-order valence-corrected chi connectivity index (χ0v) is 11.8. The van der Waals surface area contributed by atoms with E-state index in [1.165, 1.54) is 31.2 Å². The van der Waals surface area contributed by atoms with Crippen LogP contribution in [0.3, 0.4) is 0 Å². The standard InChI is InChI=1S/C15H22N4/c1-3-5-15(6-4-7-16-10-15)14-18-12-8-11(2)9-17-13(12)19-14/h8-9,16H,3-7,10H2,1-2H3,(H,17,18,19). The molecule has 0 saturated carbocycles. The number of pyridine rings is 1. The van der Waals surface area contributed by atoms with E-state index in [1.54, 1.807) is 0 Å². The molecule has 1 aliphatic rings. The van der Waals surface area contributed by atoms with Crippen molar-refractivity contribution >= 4 is 11.2 Å². The third-order valence-corrected chi connectivity index (χ3v) is 4.18. The molecule has 1 fully saturated rings. The quantitative estimate of drug-likeness (QED) is 0.890. The van der Waals surface area contributed by atoms with Gasteiger partial charge in [-0.15, -0.1) is 0 Å². The van der Waals surface area contributed by atoms with Crippen molar-refractivity contribution < 1.29 is 0 Å². The minimum absolute atomic E-state index is 0.168. The average Bonchev–Trinajstić information content (AvgIpc) is 2.83. The van der Waals surface area contributed by atoms with Gasteiger partial charge >= 0.3 is 0 Å². The number of aromatic nitrogens is 3. The van der Waals surface area contributed by atoms with Gasteiger partial charge in [-0.3, -0.25) is 0 Å². The lowest BCUT2D eigenvalue weighted by atomic mass is 9.76. The second kappa shape index (κ2) is 4.93. The number of piperidine rings is 1. The second-order valence-corrected chi connectivity index (χ2v) is 5.78. The van der Waals surface area contributed by atoms with Gasteiger partial charge in [-0.1, -0.05) is 13.3 Å². The fourth-order valence-electron chi connectivity index (χ4n) is 3.24. The number of nitrogens with one attached hydrogen (secondary N) is 2. The molecular formula is C15H22N4. The molecule has 1 unspecified atom stereocenters. The second-order valence-electron chi connectivity index (χ2n) is 5.78. The first kappa shape index (κ1) is 12.6. The summed E-state index contributed by atoms with van der Waals surface area (Å²) in [5, 5.41) is 3.53. The number of aromatic amines is 1. The van der Waals surface area contributed by atoms with Crippen LogP contribution in [0.2, 0.25) is 0 Å². The van der Waals surface area contributed by atoms with Crippen LogP contribution >= 0.6 is 0 Å². The monoisotopic (exact) mass is 258 g/mol. The SMILES string of the molecule is CCCC1(c2nc3ncc(C)cc3[nH]2)CCCNC1. The molecule has 1 atom stereocenters. The molecular weight excluding hydrogens is 236 g/mol. The first-order chi connectivity index (χ1) is 9.23. The van der Waals surface area contributed by atoms with E-state index in [0.717, 1.165) is 30.1 Å². The van der Waals surface area contributed by atoms with Crippen LogP contribution in [0.4, 0.5) is 0 Å². The van der Waals surface area contributed by atoms with Crippen LogP contribution in [-0.4, -0.2) is 28.0 Å². The van der Waals surface area contributed by atoms with E-state index < -0.39 is 0 Å². The molecule has 1 saturated heterocycles. The van der Waals surface area contributed by atoms with Gasteiger partial charge in [0.05, 0.1) is 5.52 Å². The van der Waals surface area contributed by atoms with Crippen LogP contribution in [-0.2, 0) is 5.41 Å². The third kappa shape index (κ3) is 2.25. The molecule has 3 heterocycles. The zero-order valence-electron chi connectivity index (χ0n) is 11.8. The summed E-state index contributed by atoms with van der Waals surface area (Å²) in [5.74, 6) is 1.12. The fourth-order valence-corrected chi connectivity index (χ4v) is 3.24. The summed E-state index contributed by atoms with van der Waals surface area (Å²) in [7, 11) is 0. The first-order valence-corrected chi connectivity index (χ1v) is 7.27. The number of hydrogen-bond acceptors (Lipinski definition) is 3. The van der Waals surface area contributed by atoms with Gasteiger partial charge in [0.15, 0.2) is 5.65 Å². The molecule has 3 rings (SSSR count). The largest absolute Gasteiger partial charge is 0.340 e. The summed E-state index contributed by atoms with van der Waals surface area (Å²) in [6.45, 7) is 6.47. The minimum Gasteiger partial charge on any atom is -0.340 e. The minimum atomic E-state index is 0.168. The van der Waals surface area contributed by atoms with Crippen molar-refractivity contribution in [3.63, 3.8) is 0 Å². The van der Waals surface area contributed by atoms with Gasteiger partial charge in [0.1, 0.15) is 5.82 Å². The highest BCUT2D eigenvalue weighted by atomic mass is 15.0. The van der Waals surface area contributed by atoms with E-state index in [0.29, 0.717) is 0 Å². The van der Waals surface area contributed by atoms with Crippen molar-refractivity contribution in [2.75, 3.05) is 13.1 Å². The predicted molar refractivity (Wildman–Crippen MR) is 77.3 cm³/mol. The maximum atomic E-state index is 4.76. The summed E-state index contributed by atoms with van der Waals surface area (Å²) in [5.41, 5.74) is 3.26. The number of hydrogen-bond donors (Lipinski definition) is 2. The van der Waals surface area contributed by atoms with Gasteiger partial charge in [-0.2, -0.15) is 0 Å². The molecule has 0 aliphatic carbocycles. The van der Waals surface area contributed by atoms with Gasteiger partial charge < -0.3 is 10.3 Å². The van der Waals surface area contributed by atoms with E-state index in [1.807, 2.05) is 6.20 Å². The number of imidazole rings is 1. The molecule has 4 heteroatoms. The lowest BCUT2D eigenvalue weighted by Crippen LogP contribution is -2.44. The fraction of sp³-hybridized carbons (Fsp3) is 0.600. The molecule has 0 bridgehead atoms. The van der Waals surface area contributed by atoms with Crippen molar-refractivity contribution in [3.8, 4) is 0 Å². The molecule has 4 nitrogen and oxygen atoms in total. The Morgan fingerprint density at radius 3 is 3.05 bits per heavy atom. The van der Waals surface area contributed by atoms with Crippen molar-refractivity contribution in [1.29, 1.82) is 0 Å². The molecule has 102 valence electrons. The highest BCUT2D eigenvalue weighted by molar-refractivity contribution is 5.71. The van der Waals surface area contributed by atoms with E-state index in [2.05, 4.69) is 35.2 Å². The maximum absolute atomic E-state index is 4.76. The number of H-pyrrole nitrogens is 1. The van der Waals surface area contributed by atoms with Gasteiger partial charge in [-0.25, -0.2) is 9.97 Å². The van der Waals surface area contributed by atoms with E-state index in [4.69, 9.17) is 4.98 Å². The van der Waals surface area contributed by atoms with Crippen molar-refractivity contribution in [2.24, 2.45) is 0 Å². The average molecular weight is 258 g/mol. The lowest BCUT2D eigenvalue weighted by molar-refractivity contribution is 0.278. The number of fused-ring (bicyclic) bond motifs is 1. The Bertz CT molecular complexity index is 561. The molecule has 0 spiro atoms. The molecule has 19 heavy (non-hydrogen) atoms. The molecule has 2 aromatic heterocycles. The summed E-state index contributed by atoms with van der Waals surface area (Å²) in [4.78, 5) is 12.7. The Morgan fingerprint density at radius 1 is 1.42 bits per heavy atom. The molecule has 0 amide bonds. The number of nitrogens with zero attached hydrogens (tertiary/aromatic N) is 2. The summed E-state index contributed by atoms with van der Waals surface area (Å²) in [6, 6.07) is 2.13. The molecule has 2 N–H and O–H groups in total. The predicted octanol–water partition coefficient (Wildman–Crippen LogP) is 2.69. The van der Waals surface area contributed by atoms with Crippen LogP contribution in [0.5, 0.6) is 0 Å². The van der Waals surface area contributed by atoms with Crippen molar-refractivity contribution in [2.45, 2.75) is 44.9 Å². The van der Waals surface area contributed by atoms with Crippen LogP contribution in [0.25, 0.3) is 11.2 Å². The number of aryl methyl sites for hydroxylation is 1. The van der Waals surface area contributed by atoms with Crippen molar-refractivity contribution in [1.82, 2.24) is 20.3 Å². The van der Waals surface area contributed by atoms with E-state index in [-0.39, 0.29) is 5.41 Å². The highest BCUT2D eigenvalue weighted by Gasteiger charge is 2.36. The van der Waals surface area contributed by atoms with Crippen LogP contribution in [0.15, 0.2) is 12.3 Å². The van der Waals surface area contributed by atoms with Crippen LogP contribution < -0.4 is 5.32 Å². The van der Waals surface area contributed by atoms with E-state index in [9.17, 15) is 0 Å². The Labute approximate surface area is 114 Å². The zero-order chi connectivity index (χ0) is 13.3. The normalized spacial score (nSPS) is 23.9. The van der Waals surface area contributed by atoms with Crippen LogP contribution in [0, 0.1) is 6.92 Å². The summed E-state index contributed by atoms with van der Waals surface area (Å²) >= 11 is 0. The topological polar surface area (TPSA) is 53.6 Å². The maximum Gasteiger partial charge on any atom is 0.177 e. The Morgan fingerprint density at radius 2 is 2.32 bits per heavy atom. The highest BCUT2D eigenvalue weighted by Crippen LogP contribution is 2.34. The third-order valence-electron chi connectivity index (χ3n) is 4.18. The number of rotatable bonds is 3. The van der Waals surface area contributed by atoms with E-state index >= 15 is 0 Å². The van der Waals surface area contributed by atoms with Gasteiger partial charge in [0.2, 0.25) is 0 Å². The molecule has 0 radical (unpaired) electrons. The Hall–Kier alpha value is -1.42. The summed E-state index contributed by atoms with van der Waals surface area (Å²) in [6.07, 6.45) is 6.69. The molecule has 0 aromatic carbocycles. The smallest absolute Gasteiger partial charge is 0.177 e. The summed E-state index contributed by atoms with van der Waals surface area (Å²) < 4.78 is 0. The lowest BCUT2D eigenvalue weighted by Gasteiger charge is -2.35. The molecule has 1 aliphatic heterocycles. The Kier molecular flexibility index (Phi) is 3.27. The van der Waals surface area contributed by atoms with Crippen molar-refractivity contribution in [3.05, 3.63) is 23.7 Å². The Balaban J connectivity index is 2.04. The van der Waals surface area contributed by atoms with Gasteiger partial charge in [0, 0.05) is 18.2 Å². The first-order valence-electron chi connectivity index (χ1n) is 7.27. The van der Waals surface area contributed by atoms with Crippen LogP contribution in [0.1, 0.15) is 44.0 Å².